The number of rotatable bonds is 8. The summed E-state index contributed by atoms with van der Waals surface area (Å²) in [6, 6.07) is 24.4. The molecule has 0 aliphatic carbocycles. The quantitative estimate of drug-likeness (QED) is 0.231. The van der Waals surface area contributed by atoms with Crippen molar-refractivity contribution in [1.82, 2.24) is 14.8 Å². The minimum absolute atomic E-state index is 0.0326. The van der Waals surface area contributed by atoms with Crippen LogP contribution >= 0.6 is 11.8 Å². The standard InChI is InChI=1S/C24H21N5O3S/c1-17-12-13-19(15-21(17)29(31)32)25-23(30)16-33-24-27-26-22(14-18-8-4-2-5-9-18)28(24)20-10-6-3-7-11-20/h2-13,15H,14,16H2,1H3,(H,25,30). The summed E-state index contributed by atoms with van der Waals surface area (Å²) in [6.07, 6.45) is 0.600. The molecule has 0 radical (unpaired) electrons. The van der Waals surface area contributed by atoms with Crippen molar-refractivity contribution < 1.29 is 9.72 Å². The maximum atomic E-state index is 12.5. The van der Waals surface area contributed by atoms with E-state index in [1.807, 2.05) is 65.2 Å². The van der Waals surface area contributed by atoms with Crippen molar-refractivity contribution in [3.8, 4) is 5.69 Å². The number of hydrogen-bond acceptors (Lipinski definition) is 6. The zero-order valence-electron chi connectivity index (χ0n) is 17.8. The smallest absolute Gasteiger partial charge is 0.274 e. The van der Waals surface area contributed by atoms with Gasteiger partial charge in [0.05, 0.1) is 10.7 Å². The number of aryl methyl sites for hydroxylation is 1. The summed E-state index contributed by atoms with van der Waals surface area (Å²) in [5.74, 6) is 0.563. The van der Waals surface area contributed by atoms with Crippen LogP contribution in [0.25, 0.3) is 5.69 Å². The number of aromatic nitrogens is 3. The second kappa shape index (κ2) is 10.1. The number of carbonyl (C=O) groups is 1. The van der Waals surface area contributed by atoms with Crippen LogP contribution in [-0.4, -0.2) is 31.3 Å². The number of hydrogen-bond donors (Lipinski definition) is 1. The number of anilines is 1. The number of amides is 1. The van der Waals surface area contributed by atoms with Gasteiger partial charge in [0.2, 0.25) is 5.91 Å². The Morgan fingerprint density at radius 3 is 2.42 bits per heavy atom. The van der Waals surface area contributed by atoms with E-state index in [0.29, 0.717) is 22.8 Å². The molecule has 33 heavy (non-hydrogen) atoms. The first-order chi connectivity index (χ1) is 16.0. The lowest BCUT2D eigenvalue weighted by Gasteiger charge is -2.10. The lowest BCUT2D eigenvalue weighted by Crippen LogP contribution is -2.15. The van der Waals surface area contributed by atoms with Gasteiger partial charge in [0.25, 0.3) is 5.69 Å². The van der Waals surface area contributed by atoms with Gasteiger partial charge in [-0.25, -0.2) is 0 Å². The monoisotopic (exact) mass is 459 g/mol. The van der Waals surface area contributed by atoms with Crippen molar-refractivity contribution in [2.24, 2.45) is 0 Å². The predicted octanol–water partition coefficient (Wildman–Crippen LogP) is 4.81. The van der Waals surface area contributed by atoms with Crippen LogP contribution in [0.1, 0.15) is 17.0 Å². The Kier molecular flexibility index (Phi) is 6.80. The molecule has 4 aromatic rings. The Balaban J connectivity index is 1.51. The van der Waals surface area contributed by atoms with Crippen LogP contribution in [0.4, 0.5) is 11.4 Å². The van der Waals surface area contributed by atoms with E-state index in [0.717, 1.165) is 17.1 Å². The zero-order valence-corrected chi connectivity index (χ0v) is 18.7. The van der Waals surface area contributed by atoms with Crippen LogP contribution in [0.2, 0.25) is 0 Å². The lowest BCUT2D eigenvalue weighted by atomic mass is 10.1. The molecule has 1 N–H and O–H groups in total. The molecular formula is C24H21N5O3S. The number of para-hydroxylation sites is 1. The van der Waals surface area contributed by atoms with Gasteiger partial charge in [-0.05, 0) is 30.7 Å². The highest BCUT2D eigenvalue weighted by atomic mass is 32.2. The SMILES string of the molecule is Cc1ccc(NC(=O)CSc2nnc(Cc3ccccc3)n2-c2ccccc2)cc1[N+](=O)[O-]. The highest BCUT2D eigenvalue weighted by Gasteiger charge is 2.17. The van der Waals surface area contributed by atoms with Crippen LogP contribution in [0.15, 0.2) is 84.0 Å². The van der Waals surface area contributed by atoms with Crippen LogP contribution in [0.3, 0.4) is 0 Å². The molecule has 1 heterocycles. The Hall–Kier alpha value is -3.98. The number of nitro groups is 1. The molecular weight excluding hydrogens is 438 g/mol. The third-order valence-electron chi connectivity index (χ3n) is 4.94. The molecule has 9 heteroatoms. The molecule has 4 rings (SSSR count). The van der Waals surface area contributed by atoms with Gasteiger partial charge in [-0.3, -0.25) is 19.5 Å². The number of thioether (sulfide) groups is 1. The van der Waals surface area contributed by atoms with Crippen molar-refractivity contribution in [2.75, 3.05) is 11.1 Å². The molecule has 1 aromatic heterocycles. The first-order valence-corrected chi connectivity index (χ1v) is 11.2. The van der Waals surface area contributed by atoms with E-state index in [1.165, 1.54) is 17.8 Å². The normalized spacial score (nSPS) is 10.7. The topological polar surface area (TPSA) is 103 Å². The summed E-state index contributed by atoms with van der Waals surface area (Å²) in [5, 5.41) is 23.2. The summed E-state index contributed by atoms with van der Waals surface area (Å²) in [6.45, 7) is 1.66. The molecule has 8 nitrogen and oxygen atoms in total. The van der Waals surface area contributed by atoms with Gasteiger partial charge in [-0.15, -0.1) is 10.2 Å². The summed E-state index contributed by atoms with van der Waals surface area (Å²) < 4.78 is 1.95. The van der Waals surface area contributed by atoms with E-state index in [4.69, 9.17) is 0 Å². The number of benzene rings is 3. The fourth-order valence-corrected chi connectivity index (χ4v) is 4.10. The third-order valence-corrected chi connectivity index (χ3v) is 5.87. The average Bonchev–Trinajstić information content (AvgIpc) is 3.22. The second-order valence-electron chi connectivity index (χ2n) is 7.33. The first kappa shape index (κ1) is 22.2. The number of nitrogens with zero attached hydrogens (tertiary/aromatic N) is 4. The lowest BCUT2D eigenvalue weighted by molar-refractivity contribution is -0.385. The number of nitro benzene ring substituents is 1. The Morgan fingerprint density at radius 2 is 1.73 bits per heavy atom. The molecule has 0 aliphatic rings. The first-order valence-electron chi connectivity index (χ1n) is 10.2. The summed E-state index contributed by atoms with van der Waals surface area (Å²) in [5.41, 5.74) is 2.90. The van der Waals surface area contributed by atoms with Crippen molar-refractivity contribution in [2.45, 2.75) is 18.5 Å². The van der Waals surface area contributed by atoms with E-state index >= 15 is 0 Å². The van der Waals surface area contributed by atoms with Crippen molar-refractivity contribution >= 4 is 29.0 Å². The molecule has 1 amide bonds. The molecule has 166 valence electrons. The molecule has 0 atom stereocenters. The van der Waals surface area contributed by atoms with E-state index in [-0.39, 0.29) is 17.3 Å². The van der Waals surface area contributed by atoms with Gasteiger partial charge in [0, 0.05) is 29.4 Å². The van der Waals surface area contributed by atoms with Gasteiger partial charge in [0.1, 0.15) is 5.82 Å². The largest absolute Gasteiger partial charge is 0.325 e. The highest BCUT2D eigenvalue weighted by molar-refractivity contribution is 7.99. The van der Waals surface area contributed by atoms with Crippen molar-refractivity contribution in [1.29, 1.82) is 0 Å². The molecule has 0 saturated heterocycles. The van der Waals surface area contributed by atoms with Crippen molar-refractivity contribution in [3.63, 3.8) is 0 Å². The van der Waals surface area contributed by atoms with Gasteiger partial charge < -0.3 is 5.32 Å². The van der Waals surface area contributed by atoms with E-state index in [9.17, 15) is 14.9 Å². The van der Waals surface area contributed by atoms with Gasteiger partial charge in [0.15, 0.2) is 5.16 Å². The highest BCUT2D eigenvalue weighted by Crippen LogP contribution is 2.25. The third kappa shape index (κ3) is 5.45. The van der Waals surface area contributed by atoms with Gasteiger partial charge >= 0.3 is 0 Å². The molecule has 3 aromatic carbocycles. The maximum absolute atomic E-state index is 12.5. The summed E-state index contributed by atoms with van der Waals surface area (Å²) >= 11 is 1.26. The second-order valence-corrected chi connectivity index (χ2v) is 8.27. The predicted molar refractivity (Wildman–Crippen MR) is 128 cm³/mol. The molecule has 0 aliphatic heterocycles. The number of nitrogens with one attached hydrogen (secondary N) is 1. The Labute approximate surface area is 194 Å². The van der Waals surface area contributed by atoms with E-state index in [2.05, 4.69) is 15.5 Å². The Morgan fingerprint density at radius 1 is 1.03 bits per heavy atom. The maximum Gasteiger partial charge on any atom is 0.274 e. The molecule has 0 bridgehead atoms. The zero-order chi connectivity index (χ0) is 23.2. The Bertz CT molecular complexity index is 1280. The molecule has 0 spiro atoms. The van der Waals surface area contributed by atoms with Crippen LogP contribution in [0, 0.1) is 17.0 Å². The van der Waals surface area contributed by atoms with Crippen LogP contribution < -0.4 is 5.32 Å². The molecule has 0 fully saturated rings. The average molecular weight is 460 g/mol. The fraction of sp³-hybridized carbons (Fsp3) is 0.125. The van der Waals surface area contributed by atoms with E-state index < -0.39 is 4.92 Å². The summed E-state index contributed by atoms with van der Waals surface area (Å²) in [7, 11) is 0. The molecule has 0 unspecified atom stereocenters. The van der Waals surface area contributed by atoms with Gasteiger partial charge in [-0.2, -0.15) is 0 Å². The van der Waals surface area contributed by atoms with Crippen molar-refractivity contribution in [3.05, 3.63) is 106 Å². The number of carbonyl (C=O) groups excluding carboxylic acids is 1. The van der Waals surface area contributed by atoms with Crippen LogP contribution in [0.5, 0.6) is 0 Å². The summed E-state index contributed by atoms with van der Waals surface area (Å²) in [4.78, 5) is 23.2. The van der Waals surface area contributed by atoms with Crippen LogP contribution in [-0.2, 0) is 11.2 Å². The van der Waals surface area contributed by atoms with E-state index in [1.54, 1.807) is 19.1 Å². The minimum Gasteiger partial charge on any atom is -0.325 e. The fourth-order valence-electron chi connectivity index (χ4n) is 3.33. The minimum atomic E-state index is -0.462. The van der Waals surface area contributed by atoms with Gasteiger partial charge in [-0.1, -0.05) is 66.4 Å². The molecule has 0 saturated carbocycles.